The van der Waals surface area contributed by atoms with Crippen LogP contribution in [0.1, 0.15) is 49.1 Å². The van der Waals surface area contributed by atoms with Crippen LogP contribution in [0, 0.1) is 5.82 Å². The Kier molecular flexibility index (Phi) is 6.25. The summed E-state index contributed by atoms with van der Waals surface area (Å²) in [6, 6.07) is 30.4. The Morgan fingerprint density at radius 3 is 2.18 bits per heavy atom. The fourth-order valence-corrected chi connectivity index (χ4v) is 5.04. The molecule has 1 aliphatic heterocycles. The lowest BCUT2D eigenvalue weighted by Gasteiger charge is -2.20. The van der Waals surface area contributed by atoms with Crippen molar-refractivity contribution in [3.8, 4) is 5.88 Å². The fourth-order valence-electron chi connectivity index (χ4n) is 5.04. The molecule has 1 N–H and O–H groups in total. The number of halogens is 1. The number of amides is 1. The van der Waals surface area contributed by atoms with Crippen molar-refractivity contribution in [2.24, 2.45) is 0 Å². The van der Waals surface area contributed by atoms with Crippen molar-refractivity contribution in [3.05, 3.63) is 142 Å². The van der Waals surface area contributed by atoms with Gasteiger partial charge in [-0.05, 0) is 46.5 Å². The highest BCUT2D eigenvalue weighted by molar-refractivity contribution is 6.11. The van der Waals surface area contributed by atoms with Crippen LogP contribution in [-0.2, 0) is 13.1 Å². The molecule has 0 unspecified atom stereocenters. The lowest BCUT2D eigenvalue weighted by atomic mass is 9.98. The van der Waals surface area contributed by atoms with Gasteiger partial charge < -0.3 is 14.7 Å². The molecule has 1 amide bonds. The molecule has 5 aromatic rings. The van der Waals surface area contributed by atoms with E-state index in [1.54, 1.807) is 35.2 Å². The van der Waals surface area contributed by atoms with E-state index in [0.29, 0.717) is 27.9 Å². The molecular formula is C32H23FN2O4. The van der Waals surface area contributed by atoms with Crippen LogP contribution in [-0.4, -0.2) is 26.9 Å². The van der Waals surface area contributed by atoms with Crippen molar-refractivity contribution < 1.29 is 23.8 Å². The Hall–Kier alpha value is -5.04. The van der Waals surface area contributed by atoms with Gasteiger partial charge in [0.1, 0.15) is 5.82 Å². The Labute approximate surface area is 223 Å². The van der Waals surface area contributed by atoms with Crippen LogP contribution < -0.4 is 4.74 Å². The van der Waals surface area contributed by atoms with Crippen molar-refractivity contribution >= 4 is 22.8 Å². The van der Waals surface area contributed by atoms with Crippen molar-refractivity contribution in [1.29, 1.82) is 0 Å². The van der Waals surface area contributed by atoms with Gasteiger partial charge >= 0.3 is 5.97 Å². The maximum atomic E-state index is 13.3. The summed E-state index contributed by atoms with van der Waals surface area (Å²) in [5, 5.41) is 10.6. The molecule has 7 heteroatoms. The number of carboxylic acids is 1. The van der Waals surface area contributed by atoms with Gasteiger partial charge in [-0.25, -0.2) is 14.2 Å². The Balaban J connectivity index is 1.38. The SMILES string of the molecule is O=C(O)c1c2c(cc3nc(OC(c4ccccc4)c4ccccc4)ccc13)C(=O)N(Cc1ccc(F)cc1)C2. The number of rotatable bonds is 7. The third-order valence-electron chi connectivity index (χ3n) is 6.89. The molecule has 6 nitrogen and oxygen atoms in total. The second kappa shape index (κ2) is 10.0. The first-order valence-corrected chi connectivity index (χ1v) is 12.5. The number of benzene rings is 4. The largest absolute Gasteiger partial charge is 0.478 e. The van der Waals surface area contributed by atoms with Gasteiger partial charge in [0.15, 0.2) is 6.10 Å². The number of hydrogen-bond acceptors (Lipinski definition) is 4. The summed E-state index contributed by atoms with van der Waals surface area (Å²) >= 11 is 0. The predicted octanol–water partition coefficient (Wildman–Crippen LogP) is 6.40. The molecule has 1 aromatic heterocycles. The van der Waals surface area contributed by atoms with Crippen molar-refractivity contribution in [2.45, 2.75) is 19.2 Å². The lowest BCUT2D eigenvalue weighted by molar-refractivity contribution is 0.0693. The van der Waals surface area contributed by atoms with Crippen LogP contribution in [0.3, 0.4) is 0 Å². The summed E-state index contributed by atoms with van der Waals surface area (Å²) in [4.78, 5) is 31.9. The molecule has 0 saturated carbocycles. The first kappa shape index (κ1) is 24.3. The summed E-state index contributed by atoms with van der Waals surface area (Å²) < 4.78 is 19.7. The number of carbonyl (C=O) groups excluding carboxylic acids is 1. The number of carboxylic acid groups (broad SMARTS) is 1. The van der Waals surface area contributed by atoms with Gasteiger partial charge in [-0.2, -0.15) is 0 Å². The van der Waals surface area contributed by atoms with Gasteiger partial charge in [0.2, 0.25) is 5.88 Å². The Morgan fingerprint density at radius 1 is 0.923 bits per heavy atom. The van der Waals surface area contributed by atoms with Crippen LogP contribution in [0.15, 0.2) is 103 Å². The van der Waals surface area contributed by atoms with Gasteiger partial charge in [-0.15, -0.1) is 0 Å². The second-order valence-electron chi connectivity index (χ2n) is 9.41. The highest BCUT2D eigenvalue weighted by atomic mass is 19.1. The minimum absolute atomic E-state index is 0.0548. The molecule has 0 spiro atoms. The molecular weight excluding hydrogens is 495 g/mol. The number of ether oxygens (including phenoxy) is 1. The zero-order valence-electron chi connectivity index (χ0n) is 20.8. The maximum Gasteiger partial charge on any atom is 0.336 e. The second-order valence-corrected chi connectivity index (χ2v) is 9.41. The molecule has 0 fully saturated rings. The molecule has 6 rings (SSSR count). The van der Waals surface area contributed by atoms with Crippen LogP contribution in [0.2, 0.25) is 0 Å². The van der Waals surface area contributed by atoms with Crippen LogP contribution in [0.4, 0.5) is 4.39 Å². The molecule has 0 saturated heterocycles. The molecule has 0 aliphatic carbocycles. The van der Waals surface area contributed by atoms with E-state index >= 15 is 0 Å². The minimum atomic E-state index is -1.13. The lowest BCUT2D eigenvalue weighted by Crippen LogP contribution is -2.23. The standard InChI is InChI=1S/C32H23FN2O4/c33-23-13-11-20(12-14-23)18-35-19-26-25(31(35)36)17-27-24(29(26)32(37)38)15-16-28(34-27)39-30(21-7-3-1-4-8-21)22-9-5-2-6-10-22/h1-17,30H,18-19H2,(H,37,38). The van der Waals surface area contributed by atoms with Gasteiger partial charge in [-0.1, -0.05) is 72.8 Å². The molecule has 0 atom stereocenters. The van der Waals surface area contributed by atoms with Crippen molar-refractivity contribution in [2.75, 3.05) is 0 Å². The number of hydrogen-bond donors (Lipinski definition) is 1. The number of fused-ring (bicyclic) bond motifs is 2. The predicted molar refractivity (Wildman–Crippen MR) is 144 cm³/mol. The first-order valence-electron chi connectivity index (χ1n) is 12.5. The number of aromatic carboxylic acids is 1. The van der Waals surface area contributed by atoms with Gasteiger partial charge in [0.25, 0.3) is 5.91 Å². The zero-order valence-corrected chi connectivity index (χ0v) is 20.8. The van der Waals surface area contributed by atoms with Crippen LogP contribution >= 0.6 is 0 Å². The number of pyridine rings is 1. The summed E-state index contributed by atoms with van der Waals surface area (Å²) in [6.45, 7) is 0.381. The summed E-state index contributed by atoms with van der Waals surface area (Å²) in [7, 11) is 0. The monoisotopic (exact) mass is 518 g/mol. The quantitative estimate of drug-likeness (QED) is 0.270. The zero-order chi connectivity index (χ0) is 26.9. The van der Waals surface area contributed by atoms with Crippen molar-refractivity contribution in [1.82, 2.24) is 9.88 Å². The molecule has 0 bridgehead atoms. The molecule has 1 aliphatic rings. The van der Waals surface area contributed by atoms with E-state index in [1.807, 2.05) is 60.7 Å². The van der Waals surface area contributed by atoms with E-state index in [0.717, 1.165) is 16.7 Å². The molecule has 39 heavy (non-hydrogen) atoms. The van der Waals surface area contributed by atoms with Crippen LogP contribution in [0.25, 0.3) is 10.9 Å². The van der Waals surface area contributed by atoms with E-state index in [1.165, 1.54) is 12.1 Å². The fraction of sp³-hybridized carbons (Fsp3) is 0.0938. The maximum absolute atomic E-state index is 13.3. The first-order chi connectivity index (χ1) is 19.0. The topological polar surface area (TPSA) is 79.7 Å². The number of aromatic nitrogens is 1. The van der Waals surface area contributed by atoms with Gasteiger partial charge in [0, 0.05) is 30.1 Å². The van der Waals surface area contributed by atoms with Crippen molar-refractivity contribution in [3.63, 3.8) is 0 Å². The van der Waals surface area contributed by atoms with Gasteiger partial charge in [0.05, 0.1) is 11.1 Å². The van der Waals surface area contributed by atoms with E-state index < -0.39 is 12.1 Å². The van der Waals surface area contributed by atoms with E-state index in [9.17, 15) is 19.1 Å². The average Bonchev–Trinajstić information content (AvgIpc) is 3.26. The summed E-state index contributed by atoms with van der Waals surface area (Å²) in [6.07, 6.45) is -0.432. The normalized spacial score (nSPS) is 12.7. The van der Waals surface area contributed by atoms with Gasteiger partial charge in [-0.3, -0.25) is 4.79 Å². The molecule has 192 valence electrons. The third kappa shape index (κ3) is 4.70. The number of carbonyl (C=O) groups is 2. The van der Waals surface area contributed by atoms with Crippen LogP contribution in [0.5, 0.6) is 5.88 Å². The summed E-state index contributed by atoms with van der Waals surface area (Å²) in [5.41, 5.74) is 3.80. The average molecular weight is 519 g/mol. The number of nitrogens with zero attached hydrogens (tertiary/aromatic N) is 2. The summed E-state index contributed by atoms with van der Waals surface area (Å²) in [5.74, 6) is -1.47. The van der Waals surface area contributed by atoms with E-state index in [4.69, 9.17) is 4.74 Å². The van der Waals surface area contributed by atoms with E-state index in [2.05, 4.69) is 4.98 Å². The molecule has 4 aromatic carbocycles. The highest BCUT2D eigenvalue weighted by Gasteiger charge is 2.33. The molecule has 0 radical (unpaired) electrons. The Morgan fingerprint density at radius 2 is 1.56 bits per heavy atom. The third-order valence-corrected chi connectivity index (χ3v) is 6.89. The molecule has 2 heterocycles. The Bertz CT molecular complexity index is 1650. The van der Waals surface area contributed by atoms with E-state index in [-0.39, 0.29) is 30.4 Å². The smallest absolute Gasteiger partial charge is 0.336 e. The minimum Gasteiger partial charge on any atom is -0.478 e. The highest BCUT2D eigenvalue weighted by Crippen LogP contribution is 2.35.